The van der Waals surface area contributed by atoms with E-state index in [-0.39, 0.29) is 17.1 Å². The van der Waals surface area contributed by atoms with Gasteiger partial charge in [0.05, 0.1) is 23.6 Å². The summed E-state index contributed by atoms with van der Waals surface area (Å²) < 4.78 is 4.81. The number of aromatic amines is 2. The number of anilines is 1. The molecule has 6 nitrogen and oxygen atoms in total. The molecule has 0 radical (unpaired) electrons. The minimum Gasteiger partial charge on any atom is -0.469 e. The predicted molar refractivity (Wildman–Crippen MR) is 71.1 cm³/mol. The third-order valence-corrected chi connectivity index (χ3v) is 3.62. The zero-order valence-corrected chi connectivity index (χ0v) is 10.6. The molecule has 1 heterocycles. The number of imidazole rings is 1. The third-order valence-electron chi connectivity index (χ3n) is 3.62. The maximum Gasteiger partial charge on any atom is 0.323 e. The van der Waals surface area contributed by atoms with Crippen molar-refractivity contribution in [3.63, 3.8) is 0 Å². The predicted octanol–water partition coefficient (Wildman–Crippen LogP) is 1.22. The van der Waals surface area contributed by atoms with Crippen LogP contribution in [0.5, 0.6) is 0 Å². The van der Waals surface area contributed by atoms with Gasteiger partial charge in [0.2, 0.25) is 0 Å². The number of ether oxygens (including phenoxy) is 1. The fourth-order valence-corrected chi connectivity index (χ4v) is 2.23. The monoisotopic (exact) mass is 261 g/mol. The quantitative estimate of drug-likeness (QED) is 0.722. The van der Waals surface area contributed by atoms with Gasteiger partial charge in [-0.1, -0.05) is 0 Å². The van der Waals surface area contributed by atoms with Crippen molar-refractivity contribution in [3.8, 4) is 0 Å². The van der Waals surface area contributed by atoms with Crippen LogP contribution in [0.3, 0.4) is 0 Å². The number of carbonyl (C=O) groups is 1. The van der Waals surface area contributed by atoms with Crippen molar-refractivity contribution in [2.45, 2.75) is 12.8 Å². The molecule has 0 spiro atoms. The average Bonchev–Trinajstić information content (AvgIpc) is 3.11. The highest BCUT2D eigenvalue weighted by Crippen LogP contribution is 2.46. The fraction of sp³-hybridized carbons (Fsp3) is 0.385. The molecule has 0 unspecified atom stereocenters. The second-order valence-corrected chi connectivity index (χ2v) is 4.96. The molecule has 6 heteroatoms. The molecule has 1 aliphatic carbocycles. The molecule has 1 aromatic carbocycles. The van der Waals surface area contributed by atoms with E-state index in [1.807, 2.05) is 18.2 Å². The molecule has 0 amide bonds. The van der Waals surface area contributed by atoms with Gasteiger partial charge < -0.3 is 20.0 Å². The van der Waals surface area contributed by atoms with Crippen LogP contribution >= 0.6 is 0 Å². The summed E-state index contributed by atoms with van der Waals surface area (Å²) in [6.45, 7) is 0.555. The van der Waals surface area contributed by atoms with Gasteiger partial charge in [-0.25, -0.2) is 4.79 Å². The van der Waals surface area contributed by atoms with Gasteiger partial charge in [0, 0.05) is 12.2 Å². The molecule has 0 saturated heterocycles. The van der Waals surface area contributed by atoms with Gasteiger partial charge in [-0.2, -0.15) is 0 Å². The van der Waals surface area contributed by atoms with Crippen molar-refractivity contribution >= 4 is 22.7 Å². The molecule has 1 fully saturated rings. The van der Waals surface area contributed by atoms with Crippen LogP contribution in [0.1, 0.15) is 12.8 Å². The number of fused-ring (bicyclic) bond motifs is 1. The van der Waals surface area contributed by atoms with Gasteiger partial charge in [-0.15, -0.1) is 0 Å². The number of carbonyl (C=O) groups excluding carboxylic acids is 1. The van der Waals surface area contributed by atoms with Crippen LogP contribution in [-0.4, -0.2) is 29.6 Å². The van der Waals surface area contributed by atoms with Crippen molar-refractivity contribution in [1.29, 1.82) is 0 Å². The smallest absolute Gasteiger partial charge is 0.323 e. The third kappa shape index (κ3) is 2.09. The summed E-state index contributed by atoms with van der Waals surface area (Å²) in [5, 5.41) is 3.23. The molecule has 19 heavy (non-hydrogen) atoms. The average molecular weight is 261 g/mol. The largest absolute Gasteiger partial charge is 0.469 e. The van der Waals surface area contributed by atoms with E-state index in [1.54, 1.807) is 0 Å². The molecule has 0 bridgehead atoms. The van der Waals surface area contributed by atoms with E-state index in [2.05, 4.69) is 15.3 Å². The van der Waals surface area contributed by atoms with Gasteiger partial charge in [0.25, 0.3) is 0 Å². The molecule has 3 rings (SSSR count). The number of aromatic nitrogens is 2. The van der Waals surface area contributed by atoms with Crippen LogP contribution < -0.4 is 11.0 Å². The van der Waals surface area contributed by atoms with Gasteiger partial charge in [-0.3, -0.25) is 4.79 Å². The van der Waals surface area contributed by atoms with Crippen LogP contribution in [0.15, 0.2) is 23.0 Å². The molecule has 2 aromatic rings. The summed E-state index contributed by atoms with van der Waals surface area (Å²) >= 11 is 0. The van der Waals surface area contributed by atoms with Crippen LogP contribution in [0.2, 0.25) is 0 Å². The summed E-state index contributed by atoms with van der Waals surface area (Å²) in [5.41, 5.74) is 1.80. The Morgan fingerprint density at radius 2 is 2.11 bits per heavy atom. The SMILES string of the molecule is COC(=O)C1(CNc2ccc3[nH]c(=O)[nH]c3c2)CC1. The lowest BCUT2D eigenvalue weighted by Crippen LogP contribution is -2.25. The number of H-pyrrole nitrogens is 2. The molecule has 0 aliphatic heterocycles. The first-order chi connectivity index (χ1) is 9.13. The molecule has 0 atom stereocenters. The Morgan fingerprint density at radius 3 is 2.79 bits per heavy atom. The topological polar surface area (TPSA) is 87.0 Å². The lowest BCUT2D eigenvalue weighted by molar-refractivity contribution is -0.146. The van der Waals surface area contributed by atoms with Crippen molar-refractivity contribution < 1.29 is 9.53 Å². The molecule has 100 valence electrons. The lowest BCUT2D eigenvalue weighted by Gasteiger charge is -2.14. The van der Waals surface area contributed by atoms with Gasteiger partial charge >= 0.3 is 11.7 Å². The highest BCUT2D eigenvalue weighted by Gasteiger charge is 2.50. The normalized spacial score (nSPS) is 16.3. The first-order valence-electron chi connectivity index (χ1n) is 6.17. The number of hydrogen-bond donors (Lipinski definition) is 3. The summed E-state index contributed by atoms with van der Waals surface area (Å²) in [6, 6.07) is 5.55. The van der Waals surface area contributed by atoms with E-state index in [0.717, 1.165) is 29.6 Å². The number of methoxy groups -OCH3 is 1. The Bertz CT molecular complexity index is 682. The lowest BCUT2D eigenvalue weighted by atomic mass is 10.1. The van der Waals surface area contributed by atoms with Gasteiger partial charge in [0.1, 0.15) is 0 Å². The number of rotatable bonds is 4. The first kappa shape index (κ1) is 11.8. The highest BCUT2D eigenvalue weighted by molar-refractivity contribution is 5.81. The van der Waals surface area contributed by atoms with Crippen LogP contribution in [0, 0.1) is 5.41 Å². The number of nitrogens with one attached hydrogen (secondary N) is 3. The first-order valence-corrected chi connectivity index (χ1v) is 6.17. The second kappa shape index (κ2) is 4.15. The Hall–Kier alpha value is -2.24. The van der Waals surface area contributed by atoms with E-state index in [1.165, 1.54) is 7.11 Å². The fourth-order valence-electron chi connectivity index (χ4n) is 2.23. The minimum atomic E-state index is -0.366. The van der Waals surface area contributed by atoms with Crippen molar-refractivity contribution in [2.75, 3.05) is 19.0 Å². The molecular formula is C13H15N3O3. The zero-order valence-electron chi connectivity index (χ0n) is 10.6. The Morgan fingerprint density at radius 1 is 1.37 bits per heavy atom. The van der Waals surface area contributed by atoms with Crippen molar-refractivity contribution in [3.05, 3.63) is 28.7 Å². The second-order valence-electron chi connectivity index (χ2n) is 4.96. The Labute approximate surface area is 109 Å². The number of benzene rings is 1. The van der Waals surface area contributed by atoms with Crippen LogP contribution in [0.25, 0.3) is 11.0 Å². The molecule has 1 aromatic heterocycles. The van der Waals surface area contributed by atoms with E-state index < -0.39 is 0 Å². The number of hydrogen-bond acceptors (Lipinski definition) is 4. The van der Waals surface area contributed by atoms with Gasteiger partial charge in [-0.05, 0) is 31.0 Å². The molecule has 1 aliphatic rings. The van der Waals surface area contributed by atoms with Crippen LogP contribution in [0.4, 0.5) is 5.69 Å². The molecular weight excluding hydrogens is 246 g/mol. The van der Waals surface area contributed by atoms with Crippen molar-refractivity contribution in [1.82, 2.24) is 9.97 Å². The molecule has 1 saturated carbocycles. The van der Waals surface area contributed by atoms with Gasteiger partial charge in [0.15, 0.2) is 0 Å². The maximum absolute atomic E-state index is 11.6. The van der Waals surface area contributed by atoms with E-state index in [9.17, 15) is 9.59 Å². The Balaban J connectivity index is 1.75. The van der Waals surface area contributed by atoms with Crippen molar-refractivity contribution in [2.24, 2.45) is 5.41 Å². The summed E-state index contributed by atoms with van der Waals surface area (Å²) in [5.74, 6) is -0.156. The zero-order chi connectivity index (χ0) is 13.5. The van der Waals surface area contributed by atoms with E-state index in [4.69, 9.17) is 4.74 Å². The highest BCUT2D eigenvalue weighted by atomic mass is 16.5. The number of esters is 1. The Kier molecular flexibility index (Phi) is 2.58. The summed E-state index contributed by atoms with van der Waals surface area (Å²) in [7, 11) is 1.42. The van der Waals surface area contributed by atoms with Crippen LogP contribution in [-0.2, 0) is 9.53 Å². The minimum absolute atomic E-state index is 0.156. The maximum atomic E-state index is 11.6. The van der Waals surface area contributed by atoms with E-state index in [0.29, 0.717) is 6.54 Å². The summed E-state index contributed by atoms with van der Waals surface area (Å²) in [6.07, 6.45) is 1.71. The standard InChI is InChI=1S/C13H15N3O3/c1-19-11(17)13(4-5-13)7-14-8-2-3-9-10(6-8)16-12(18)15-9/h2-3,6,14H,4-5,7H2,1H3,(H2,15,16,18). The molecule has 3 N–H and O–H groups in total. The van der Waals surface area contributed by atoms with E-state index >= 15 is 0 Å². The summed E-state index contributed by atoms with van der Waals surface area (Å²) in [4.78, 5) is 28.2.